The van der Waals surface area contributed by atoms with Gasteiger partial charge in [-0.05, 0) is 72.6 Å². The van der Waals surface area contributed by atoms with Crippen molar-refractivity contribution in [3.05, 3.63) is 83.0 Å². The Morgan fingerprint density at radius 1 is 1.00 bits per heavy atom. The molecule has 2 nitrogen and oxygen atoms in total. The Morgan fingerprint density at radius 3 is 2.62 bits per heavy atom. The summed E-state index contributed by atoms with van der Waals surface area (Å²) in [7, 11) is 0. The van der Waals surface area contributed by atoms with Gasteiger partial charge in [-0.15, -0.1) is 0 Å². The average Bonchev–Trinajstić information content (AvgIpc) is 3.04. The van der Waals surface area contributed by atoms with Gasteiger partial charge in [0.25, 0.3) is 0 Å². The second-order valence-electron chi connectivity index (χ2n) is 9.54. The third-order valence-electron chi connectivity index (χ3n) is 8.01. The summed E-state index contributed by atoms with van der Waals surface area (Å²) in [5.41, 5.74) is 5.31. The Hall–Kier alpha value is -1.90. The number of hydrogen-bond acceptors (Lipinski definition) is 2. The predicted molar refractivity (Wildman–Crippen MR) is 118 cm³/mol. The molecule has 1 aromatic carbocycles. The van der Waals surface area contributed by atoms with Gasteiger partial charge in [0, 0.05) is 11.3 Å². The van der Waals surface area contributed by atoms with Gasteiger partial charge in [-0.3, -0.25) is 0 Å². The van der Waals surface area contributed by atoms with Crippen molar-refractivity contribution in [1.29, 1.82) is 0 Å². The van der Waals surface area contributed by atoms with Gasteiger partial charge in [-0.2, -0.15) is 0 Å². The zero-order valence-electron chi connectivity index (χ0n) is 17.5. The van der Waals surface area contributed by atoms with Gasteiger partial charge in [0.15, 0.2) is 0 Å². The van der Waals surface area contributed by atoms with Gasteiger partial charge >= 0.3 is 0 Å². The minimum atomic E-state index is -0.407. The van der Waals surface area contributed by atoms with E-state index in [1.165, 1.54) is 23.1 Å². The third kappa shape index (κ3) is 2.76. The SMILES string of the molecule is CC1=CC(C2(C3=CC(C)C(O)C=C3)c3ccccc3C3CCC=CC32)CCC1O. The number of rotatable bonds is 2. The Morgan fingerprint density at radius 2 is 1.83 bits per heavy atom. The topological polar surface area (TPSA) is 40.5 Å². The second kappa shape index (κ2) is 7.11. The van der Waals surface area contributed by atoms with Crippen LogP contribution in [0.25, 0.3) is 0 Å². The summed E-state index contributed by atoms with van der Waals surface area (Å²) in [4.78, 5) is 0. The molecule has 0 amide bonds. The largest absolute Gasteiger partial charge is 0.389 e. The van der Waals surface area contributed by atoms with Crippen LogP contribution in [0.5, 0.6) is 0 Å². The number of aliphatic hydroxyl groups excluding tert-OH is 2. The molecule has 29 heavy (non-hydrogen) atoms. The van der Waals surface area contributed by atoms with Crippen molar-refractivity contribution in [1.82, 2.24) is 0 Å². The lowest BCUT2D eigenvalue weighted by Gasteiger charge is -2.47. The van der Waals surface area contributed by atoms with E-state index in [4.69, 9.17) is 0 Å². The van der Waals surface area contributed by atoms with Crippen LogP contribution in [0.2, 0.25) is 0 Å². The monoisotopic (exact) mass is 388 g/mol. The minimum Gasteiger partial charge on any atom is -0.389 e. The fourth-order valence-electron chi connectivity index (χ4n) is 6.56. The fourth-order valence-corrected chi connectivity index (χ4v) is 6.56. The van der Waals surface area contributed by atoms with Gasteiger partial charge in [-0.25, -0.2) is 0 Å². The molecule has 0 aliphatic heterocycles. The van der Waals surface area contributed by atoms with Crippen molar-refractivity contribution in [2.24, 2.45) is 17.8 Å². The van der Waals surface area contributed by atoms with Crippen LogP contribution in [0, 0.1) is 17.8 Å². The molecule has 2 heteroatoms. The van der Waals surface area contributed by atoms with E-state index < -0.39 is 6.10 Å². The highest BCUT2D eigenvalue weighted by Crippen LogP contribution is 2.63. The van der Waals surface area contributed by atoms with Crippen molar-refractivity contribution in [3.63, 3.8) is 0 Å². The summed E-state index contributed by atoms with van der Waals surface area (Å²) in [6, 6.07) is 9.06. The summed E-state index contributed by atoms with van der Waals surface area (Å²) in [5, 5.41) is 20.7. The van der Waals surface area contributed by atoms with E-state index in [2.05, 4.69) is 68.5 Å². The fraction of sp³-hybridized carbons (Fsp3) is 0.481. The first-order valence-electron chi connectivity index (χ1n) is 11.2. The molecular weight excluding hydrogens is 356 g/mol. The molecule has 0 radical (unpaired) electrons. The number of benzene rings is 1. The van der Waals surface area contributed by atoms with E-state index in [0.29, 0.717) is 17.8 Å². The maximum absolute atomic E-state index is 10.4. The molecule has 0 spiro atoms. The van der Waals surface area contributed by atoms with Crippen molar-refractivity contribution >= 4 is 0 Å². The molecule has 1 aromatic rings. The van der Waals surface area contributed by atoms with Crippen LogP contribution < -0.4 is 0 Å². The van der Waals surface area contributed by atoms with Crippen molar-refractivity contribution in [2.45, 2.75) is 63.1 Å². The van der Waals surface area contributed by atoms with Crippen LogP contribution in [-0.4, -0.2) is 22.4 Å². The molecule has 0 saturated heterocycles. The summed E-state index contributed by atoms with van der Waals surface area (Å²) in [6.07, 6.45) is 17.2. The lowest BCUT2D eigenvalue weighted by Crippen LogP contribution is -2.44. The maximum atomic E-state index is 10.4. The summed E-state index contributed by atoms with van der Waals surface area (Å²) in [6.45, 7) is 4.19. The third-order valence-corrected chi connectivity index (χ3v) is 8.01. The van der Waals surface area contributed by atoms with Crippen molar-refractivity contribution in [2.75, 3.05) is 0 Å². The zero-order chi connectivity index (χ0) is 20.2. The van der Waals surface area contributed by atoms with E-state index in [1.807, 2.05) is 6.08 Å². The van der Waals surface area contributed by atoms with Crippen molar-refractivity contribution < 1.29 is 10.2 Å². The molecular formula is C27H32O2. The van der Waals surface area contributed by atoms with Crippen LogP contribution in [0.15, 0.2) is 71.9 Å². The number of hydrogen-bond donors (Lipinski definition) is 2. The Labute approximate surface area is 174 Å². The van der Waals surface area contributed by atoms with E-state index in [-0.39, 0.29) is 17.4 Å². The average molecular weight is 389 g/mol. The molecule has 0 saturated carbocycles. The molecule has 0 bridgehead atoms. The van der Waals surface area contributed by atoms with Crippen LogP contribution >= 0.6 is 0 Å². The van der Waals surface area contributed by atoms with E-state index in [0.717, 1.165) is 24.8 Å². The molecule has 4 aliphatic rings. The predicted octanol–water partition coefficient (Wildman–Crippen LogP) is 5.20. The van der Waals surface area contributed by atoms with Gasteiger partial charge < -0.3 is 10.2 Å². The summed E-state index contributed by atoms with van der Waals surface area (Å²) < 4.78 is 0. The molecule has 7 unspecified atom stereocenters. The maximum Gasteiger partial charge on any atom is 0.0784 e. The van der Waals surface area contributed by atoms with E-state index in [1.54, 1.807) is 0 Å². The highest BCUT2D eigenvalue weighted by Gasteiger charge is 2.56. The summed E-state index contributed by atoms with van der Waals surface area (Å²) in [5.74, 6) is 1.44. The molecule has 152 valence electrons. The minimum absolute atomic E-state index is 0.116. The zero-order valence-corrected chi connectivity index (χ0v) is 17.5. The molecule has 7 atom stereocenters. The Kier molecular flexibility index (Phi) is 4.68. The molecule has 0 heterocycles. The first-order chi connectivity index (χ1) is 14.0. The lowest BCUT2D eigenvalue weighted by atomic mass is 9.56. The van der Waals surface area contributed by atoms with Gasteiger partial charge in [0.2, 0.25) is 0 Å². The molecule has 2 N–H and O–H groups in total. The lowest BCUT2D eigenvalue weighted by molar-refractivity contribution is 0.156. The number of aliphatic hydroxyl groups is 2. The Bertz CT molecular complexity index is 920. The quantitative estimate of drug-likeness (QED) is 0.684. The molecule has 4 aliphatic carbocycles. The van der Waals surface area contributed by atoms with E-state index in [9.17, 15) is 10.2 Å². The van der Waals surface area contributed by atoms with Gasteiger partial charge in [0.05, 0.1) is 12.2 Å². The van der Waals surface area contributed by atoms with Crippen LogP contribution in [0.3, 0.4) is 0 Å². The Balaban J connectivity index is 1.78. The van der Waals surface area contributed by atoms with Gasteiger partial charge in [0.1, 0.15) is 0 Å². The number of allylic oxidation sites excluding steroid dienone is 5. The van der Waals surface area contributed by atoms with Crippen LogP contribution in [0.1, 0.15) is 56.6 Å². The standard InChI is InChI=1S/C27H32O2/c1-17-15-19(11-13-25(17)28)27(20-12-14-26(29)18(2)16-20)23-9-5-3-7-21(23)22-8-4-6-10-24(22)27/h3,5-7,9-11,13,15-17,20,22,24-26,28-29H,4,8,12,14H2,1-2H3. The first-order valence-corrected chi connectivity index (χ1v) is 11.2. The van der Waals surface area contributed by atoms with E-state index >= 15 is 0 Å². The first kappa shape index (κ1) is 19.1. The van der Waals surface area contributed by atoms with Gasteiger partial charge in [-0.1, -0.05) is 67.6 Å². The molecule has 0 aromatic heterocycles. The van der Waals surface area contributed by atoms with Crippen molar-refractivity contribution in [3.8, 4) is 0 Å². The highest BCUT2D eigenvalue weighted by molar-refractivity contribution is 5.58. The van der Waals surface area contributed by atoms with Crippen LogP contribution in [-0.2, 0) is 5.41 Å². The summed E-state index contributed by atoms with van der Waals surface area (Å²) >= 11 is 0. The number of fused-ring (bicyclic) bond motifs is 3. The van der Waals surface area contributed by atoms with Crippen LogP contribution in [0.4, 0.5) is 0 Å². The smallest absolute Gasteiger partial charge is 0.0784 e. The molecule has 0 fully saturated rings. The molecule has 5 rings (SSSR count). The second-order valence-corrected chi connectivity index (χ2v) is 9.54. The highest BCUT2D eigenvalue weighted by atomic mass is 16.3. The normalized spacial score (nSPS) is 40.8.